The smallest absolute Gasteiger partial charge is 0.243 e. The average molecular weight is 337 g/mol. The zero-order valence-corrected chi connectivity index (χ0v) is 14.8. The molecule has 3 heterocycles. The number of piperazine rings is 1. The Hall–Kier alpha value is -1.51. The van der Waals surface area contributed by atoms with Crippen LogP contribution in [0, 0.1) is 6.92 Å². The lowest BCUT2D eigenvalue weighted by Gasteiger charge is -2.40. The van der Waals surface area contributed by atoms with Gasteiger partial charge in [-0.1, -0.05) is 5.16 Å². The Bertz CT molecular complexity index is 550. The number of nitrogens with zero attached hydrogens (tertiary/aromatic N) is 5. The molecule has 2 atom stereocenters. The minimum absolute atomic E-state index is 0.0776. The predicted molar refractivity (Wildman–Crippen MR) is 87.5 cm³/mol. The zero-order chi connectivity index (χ0) is 17.1. The van der Waals surface area contributed by atoms with Crippen LogP contribution in [0.2, 0.25) is 0 Å². The molecule has 3 rings (SSSR count). The standard InChI is InChI=1S/C16H27N5O3/c1-12(15-17-14(3)18-24-15)19-4-6-20(7-5-19)13(2)16(22)21-8-10-23-11-9-21/h12-13H,4-11H2,1-3H3/t12-,13+/m0/s1. The van der Waals surface area contributed by atoms with Gasteiger partial charge < -0.3 is 14.2 Å². The summed E-state index contributed by atoms with van der Waals surface area (Å²) >= 11 is 0. The fraction of sp³-hybridized carbons (Fsp3) is 0.812. The highest BCUT2D eigenvalue weighted by Crippen LogP contribution is 2.21. The van der Waals surface area contributed by atoms with Crippen molar-refractivity contribution in [1.29, 1.82) is 0 Å². The van der Waals surface area contributed by atoms with Gasteiger partial charge >= 0.3 is 0 Å². The predicted octanol–water partition coefficient (Wildman–Crippen LogP) is 0.304. The lowest BCUT2D eigenvalue weighted by molar-refractivity contribution is -0.141. The van der Waals surface area contributed by atoms with E-state index in [2.05, 4.69) is 26.9 Å². The molecule has 0 N–H and O–H groups in total. The number of hydrogen-bond acceptors (Lipinski definition) is 7. The summed E-state index contributed by atoms with van der Waals surface area (Å²) in [4.78, 5) is 23.5. The number of rotatable bonds is 4. The summed E-state index contributed by atoms with van der Waals surface area (Å²) in [5.41, 5.74) is 0. The van der Waals surface area contributed by atoms with Crippen LogP contribution in [0.25, 0.3) is 0 Å². The van der Waals surface area contributed by atoms with Gasteiger partial charge in [-0.3, -0.25) is 14.6 Å². The van der Waals surface area contributed by atoms with E-state index in [9.17, 15) is 4.79 Å². The summed E-state index contributed by atoms with van der Waals surface area (Å²) in [6, 6.07) is 0.0322. The van der Waals surface area contributed by atoms with Gasteiger partial charge in [-0.25, -0.2) is 0 Å². The Morgan fingerprint density at radius 1 is 1.04 bits per heavy atom. The molecule has 134 valence electrons. The number of hydrogen-bond donors (Lipinski definition) is 0. The van der Waals surface area contributed by atoms with Crippen LogP contribution in [0.4, 0.5) is 0 Å². The molecule has 1 aromatic heterocycles. The van der Waals surface area contributed by atoms with Crippen molar-refractivity contribution in [2.75, 3.05) is 52.5 Å². The molecule has 2 saturated heterocycles. The maximum atomic E-state index is 12.6. The SMILES string of the molecule is Cc1noc([C@H](C)N2CCN([C@H](C)C(=O)N3CCOCC3)CC2)n1. The molecule has 0 saturated carbocycles. The molecular weight excluding hydrogens is 310 g/mol. The highest BCUT2D eigenvalue weighted by molar-refractivity contribution is 5.81. The van der Waals surface area contributed by atoms with Crippen LogP contribution < -0.4 is 0 Å². The van der Waals surface area contributed by atoms with Crippen molar-refractivity contribution in [3.63, 3.8) is 0 Å². The first-order valence-electron chi connectivity index (χ1n) is 8.71. The molecule has 0 spiro atoms. The van der Waals surface area contributed by atoms with Crippen LogP contribution in [0.1, 0.15) is 31.6 Å². The second kappa shape index (κ2) is 7.58. The van der Waals surface area contributed by atoms with Gasteiger partial charge in [-0.05, 0) is 20.8 Å². The van der Waals surface area contributed by atoms with E-state index in [-0.39, 0.29) is 18.0 Å². The highest BCUT2D eigenvalue weighted by atomic mass is 16.5. The highest BCUT2D eigenvalue weighted by Gasteiger charge is 2.31. The quantitative estimate of drug-likeness (QED) is 0.782. The molecule has 8 heteroatoms. The third kappa shape index (κ3) is 3.76. The van der Waals surface area contributed by atoms with Crippen molar-refractivity contribution in [3.05, 3.63) is 11.7 Å². The van der Waals surface area contributed by atoms with Crippen LogP contribution in [0.3, 0.4) is 0 Å². The van der Waals surface area contributed by atoms with Crippen LogP contribution in [0.15, 0.2) is 4.52 Å². The van der Waals surface area contributed by atoms with E-state index in [0.29, 0.717) is 38.0 Å². The second-order valence-electron chi connectivity index (χ2n) is 6.54. The molecule has 2 fully saturated rings. The number of amides is 1. The van der Waals surface area contributed by atoms with Crippen molar-refractivity contribution in [3.8, 4) is 0 Å². The molecule has 24 heavy (non-hydrogen) atoms. The summed E-state index contributed by atoms with van der Waals surface area (Å²) in [6.07, 6.45) is 0. The fourth-order valence-electron chi connectivity index (χ4n) is 3.36. The number of aryl methyl sites for hydroxylation is 1. The van der Waals surface area contributed by atoms with Crippen molar-refractivity contribution in [1.82, 2.24) is 24.8 Å². The maximum absolute atomic E-state index is 12.6. The van der Waals surface area contributed by atoms with E-state index < -0.39 is 0 Å². The van der Waals surface area contributed by atoms with Crippen LogP contribution in [-0.2, 0) is 9.53 Å². The molecule has 0 radical (unpaired) electrons. The minimum Gasteiger partial charge on any atom is -0.378 e. The number of carbonyl (C=O) groups is 1. The van der Waals surface area contributed by atoms with Gasteiger partial charge in [-0.2, -0.15) is 4.98 Å². The van der Waals surface area contributed by atoms with Gasteiger partial charge in [0.05, 0.1) is 25.3 Å². The monoisotopic (exact) mass is 337 g/mol. The molecule has 1 aromatic rings. The lowest BCUT2D eigenvalue weighted by atomic mass is 10.1. The molecule has 8 nitrogen and oxygen atoms in total. The normalized spacial score (nSPS) is 23.2. The Balaban J connectivity index is 1.51. The lowest BCUT2D eigenvalue weighted by Crippen LogP contribution is -2.56. The molecule has 2 aliphatic rings. The summed E-state index contributed by atoms with van der Waals surface area (Å²) in [6.45, 7) is 12.2. The molecule has 1 amide bonds. The molecular formula is C16H27N5O3. The maximum Gasteiger partial charge on any atom is 0.243 e. The van der Waals surface area contributed by atoms with Gasteiger partial charge in [0, 0.05) is 39.3 Å². The van der Waals surface area contributed by atoms with E-state index in [1.165, 1.54) is 0 Å². The summed E-state index contributed by atoms with van der Waals surface area (Å²) < 4.78 is 10.6. The van der Waals surface area contributed by atoms with E-state index in [0.717, 1.165) is 26.2 Å². The van der Waals surface area contributed by atoms with Crippen molar-refractivity contribution >= 4 is 5.91 Å². The van der Waals surface area contributed by atoms with Gasteiger partial charge in [0.2, 0.25) is 11.8 Å². The van der Waals surface area contributed by atoms with E-state index in [1.807, 2.05) is 18.7 Å². The number of morpholine rings is 1. The largest absolute Gasteiger partial charge is 0.378 e. The van der Waals surface area contributed by atoms with Gasteiger partial charge in [0.1, 0.15) is 0 Å². The van der Waals surface area contributed by atoms with Crippen LogP contribution in [-0.4, -0.2) is 89.3 Å². The average Bonchev–Trinajstić information content (AvgIpc) is 3.07. The molecule has 2 aliphatic heterocycles. The first-order chi connectivity index (χ1) is 11.6. The summed E-state index contributed by atoms with van der Waals surface area (Å²) in [5, 5.41) is 3.87. The minimum atomic E-state index is -0.0776. The molecule has 0 aliphatic carbocycles. The van der Waals surface area contributed by atoms with Gasteiger partial charge in [-0.15, -0.1) is 0 Å². The van der Waals surface area contributed by atoms with E-state index >= 15 is 0 Å². The Kier molecular flexibility index (Phi) is 5.47. The van der Waals surface area contributed by atoms with Crippen molar-refractivity contribution in [2.24, 2.45) is 0 Å². The fourth-order valence-corrected chi connectivity index (χ4v) is 3.36. The van der Waals surface area contributed by atoms with Crippen molar-refractivity contribution < 1.29 is 14.1 Å². The second-order valence-corrected chi connectivity index (χ2v) is 6.54. The molecule has 0 aromatic carbocycles. The van der Waals surface area contributed by atoms with Crippen molar-refractivity contribution in [2.45, 2.75) is 32.9 Å². The number of carbonyl (C=O) groups excluding carboxylic acids is 1. The summed E-state index contributed by atoms with van der Waals surface area (Å²) in [5.74, 6) is 1.55. The van der Waals surface area contributed by atoms with E-state index in [4.69, 9.17) is 9.26 Å². The molecule has 0 unspecified atom stereocenters. The number of ether oxygens (including phenoxy) is 1. The zero-order valence-electron chi connectivity index (χ0n) is 14.8. The Morgan fingerprint density at radius 3 is 2.25 bits per heavy atom. The van der Waals surface area contributed by atoms with Crippen LogP contribution >= 0.6 is 0 Å². The van der Waals surface area contributed by atoms with E-state index in [1.54, 1.807) is 0 Å². The third-order valence-electron chi connectivity index (χ3n) is 5.03. The Labute approximate surface area is 142 Å². The first kappa shape index (κ1) is 17.3. The summed E-state index contributed by atoms with van der Waals surface area (Å²) in [7, 11) is 0. The first-order valence-corrected chi connectivity index (χ1v) is 8.71. The number of aromatic nitrogens is 2. The van der Waals surface area contributed by atoms with Gasteiger partial charge in [0.25, 0.3) is 0 Å². The topological polar surface area (TPSA) is 74.9 Å². The third-order valence-corrected chi connectivity index (χ3v) is 5.03. The van der Waals surface area contributed by atoms with Gasteiger partial charge in [0.15, 0.2) is 5.82 Å². The molecule has 0 bridgehead atoms. The van der Waals surface area contributed by atoms with Crippen LogP contribution in [0.5, 0.6) is 0 Å². The Morgan fingerprint density at radius 2 is 1.67 bits per heavy atom.